The predicted octanol–water partition coefficient (Wildman–Crippen LogP) is 3.25. The molecular weight excluding hydrogens is 222 g/mol. The number of hydrogen-bond donors (Lipinski definition) is 1. The maximum atomic E-state index is 6.13. The normalized spacial score (nSPS) is 20.9. The van der Waals surface area contributed by atoms with Crippen LogP contribution in [-0.4, -0.2) is 19.7 Å². The van der Waals surface area contributed by atoms with E-state index in [4.69, 9.17) is 4.74 Å². The highest BCUT2D eigenvalue weighted by molar-refractivity contribution is 5.41. The summed E-state index contributed by atoms with van der Waals surface area (Å²) in [6, 6.07) is 6.70. The molecule has 2 fully saturated rings. The molecule has 0 aromatic heterocycles. The number of nitrogens with one attached hydrogen (secondary N) is 1. The zero-order chi connectivity index (χ0) is 12.4. The van der Waals surface area contributed by atoms with E-state index in [2.05, 4.69) is 30.4 Å². The van der Waals surface area contributed by atoms with E-state index >= 15 is 0 Å². The van der Waals surface area contributed by atoms with Crippen LogP contribution in [0.2, 0.25) is 0 Å². The standard InChI is InChI=1S/C16H23NO/c1-12-2-5-15(14-3-4-14)16(10-12)18-11-13-6-8-17-9-7-13/h2,5,10,13-14,17H,3-4,6-9,11H2,1H3. The molecule has 1 aliphatic carbocycles. The van der Waals surface area contributed by atoms with Gasteiger partial charge in [-0.3, -0.25) is 0 Å². The van der Waals surface area contributed by atoms with Crippen LogP contribution < -0.4 is 10.1 Å². The van der Waals surface area contributed by atoms with Crippen molar-refractivity contribution < 1.29 is 4.74 Å². The van der Waals surface area contributed by atoms with Gasteiger partial charge in [-0.2, -0.15) is 0 Å². The fourth-order valence-corrected chi connectivity index (χ4v) is 2.75. The predicted molar refractivity (Wildman–Crippen MR) is 74.2 cm³/mol. The van der Waals surface area contributed by atoms with Crippen molar-refractivity contribution in [1.82, 2.24) is 5.32 Å². The summed E-state index contributed by atoms with van der Waals surface area (Å²) in [6.45, 7) is 5.34. The summed E-state index contributed by atoms with van der Waals surface area (Å²) in [5, 5.41) is 3.41. The van der Waals surface area contributed by atoms with Crippen LogP contribution in [0.4, 0.5) is 0 Å². The van der Waals surface area contributed by atoms with Gasteiger partial charge in [-0.05, 0) is 74.7 Å². The van der Waals surface area contributed by atoms with Crippen LogP contribution >= 0.6 is 0 Å². The van der Waals surface area contributed by atoms with Gasteiger partial charge in [0.15, 0.2) is 0 Å². The van der Waals surface area contributed by atoms with Gasteiger partial charge in [0.1, 0.15) is 5.75 Å². The van der Waals surface area contributed by atoms with Gasteiger partial charge in [0, 0.05) is 0 Å². The first-order valence-electron chi connectivity index (χ1n) is 7.27. The van der Waals surface area contributed by atoms with Crippen molar-refractivity contribution in [2.24, 2.45) is 5.92 Å². The summed E-state index contributed by atoms with van der Waals surface area (Å²) in [4.78, 5) is 0. The smallest absolute Gasteiger partial charge is 0.123 e. The summed E-state index contributed by atoms with van der Waals surface area (Å²) < 4.78 is 6.13. The highest BCUT2D eigenvalue weighted by Crippen LogP contribution is 2.44. The van der Waals surface area contributed by atoms with Gasteiger partial charge in [-0.1, -0.05) is 12.1 Å². The van der Waals surface area contributed by atoms with Crippen LogP contribution in [0.3, 0.4) is 0 Å². The Morgan fingerprint density at radius 2 is 1.94 bits per heavy atom. The second-order valence-electron chi connectivity index (χ2n) is 5.82. The number of rotatable bonds is 4. The Morgan fingerprint density at radius 3 is 2.67 bits per heavy atom. The van der Waals surface area contributed by atoms with E-state index in [0.717, 1.165) is 37.3 Å². The van der Waals surface area contributed by atoms with Gasteiger partial charge in [0.25, 0.3) is 0 Å². The average Bonchev–Trinajstić information content (AvgIpc) is 3.22. The molecule has 1 heterocycles. The second kappa shape index (κ2) is 5.31. The molecule has 0 amide bonds. The number of benzene rings is 1. The van der Waals surface area contributed by atoms with Gasteiger partial charge in [-0.15, -0.1) is 0 Å². The van der Waals surface area contributed by atoms with E-state index in [0.29, 0.717) is 0 Å². The molecule has 2 aliphatic rings. The molecule has 1 N–H and O–H groups in total. The van der Waals surface area contributed by atoms with E-state index in [1.807, 2.05) is 0 Å². The lowest BCUT2D eigenvalue weighted by Gasteiger charge is -2.23. The van der Waals surface area contributed by atoms with Crippen molar-refractivity contribution in [2.75, 3.05) is 19.7 Å². The molecule has 1 aliphatic heterocycles. The van der Waals surface area contributed by atoms with Crippen LogP contribution in [0.5, 0.6) is 5.75 Å². The molecule has 1 aromatic carbocycles. The Hall–Kier alpha value is -1.02. The summed E-state index contributed by atoms with van der Waals surface area (Å²) in [7, 11) is 0. The largest absolute Gasteiger partial charge is 0.493 e. The summed E-state index contributed by atoms with van der Waals surface area (Å²) in [5.74, 6) is 2.66. The molecule has 0 atom stereocenters. The van der Waals surface area contributed by atoms with E-state index in [9.17, 15) is 0 Å². The fraction of sp³-hybridized carbons (Fsp3) is 0.625. The minimum Gasteiger partial charge on any atom is -0.493 e. The molecular formula is C16H23NO. The van der Waals surface area contributed by atoms with Crippen molar-refractivity contribution >= 4 is 0 Å². The number of aryl methyl sites for hydroxylation is 1. The summed E-state index contributed by atoms with van der Waals surface area (Å²) in [5.41, 5.74) is 2.74. The Labute approximate surface area is 110 Å². The first-order chi connectivity index (χ1) is 8.83. The van der Waals surface area contributed by atoms with Gasteiger partial charge in [-0.25, -0.2) is 0 Å². The van der Waals surface area contributed by atoms with Crippen molar-refractivity contribution in [2.45, 2.75) is 38.5 Å². The quantitative estimate of drug-likeness (QED) is 0.879. The first-order valence-corrected chi connectivity index (χ1v) is 7.27. The molecule has 2 heteroatoms. The van der Waals surface area contributed by atoms with Crippen molar-refractivity contribution in [1.29, 1.82) is 0 Å². The molecule has 2 nitrogen and oxygen atoms in total. The number of ether oxygens (including phenoxy) is 1. The average molecular weight is 245 g/mol. The van der Waals surface area contributed by atoms with Crippen LogP contribution in [0.25, 0.3) is 0 Å². The SMILES string of the molecule is Cc1ccc(C2CC2)c(OCC2CCNCC2)c1. The monoisotopic (exact) mass is 245 g/mol. The zero-order valence-corrected chi connectivity index (χ0v) is 11.2. The van der Waals surface area contributed by atoms with Crippen LogP contribution in [0.1, 0.15) is 42.7 Å². The Bertz CT molecular complexity index is 406. The van der Waals surface area contributed by atoms with Gasteiger partial charge >= 0.3 is 0 Å². The Kier molecular flexibility index (Phi) is 3.55. The molecule has 18 heavy (non-hydrogen) atoms. The van der Waals surface area contributed by atoms with Crippen molar-refractivity contribution in [3.8, 4) is 5.75 Å². The lowest BCUT2D eigenvalue weighted by Crippen LogP contribution is -2.30. The summed E-state index contributed by atoms with van der Waals surface area (Å²) in [6.07, 6.45) is 5.19. The molecule has 3 rings (SSSR count). The molecule has 0 bridgehead atoms. The van der Waals surface area contributed by atoms with E-state index < -0.39 is 0 Å². The molecule has 98 valence electrons. The third-order valence-corrected chi connectivity index (χ3v) is 4.12. The van der Waals surface area contributed by atoms with Crippen LogP contribution in [-0.2, 0) is 0 Å². The van der Waals surface area contributed by atoms with Crippen LogP contribution in [0, 0.1) is 12.8 Å². The fourth-order valence-electron chi connectivity index (χ4n) is 2.75. The van der Waals surface area contributed by atoms with E-state index in [1.54, 1.807) is 0 Å². The topological polar surface area (TPSA) is 21.3 Å². The molecule has 0 spiro atoms. The maximum absolute atomic E-state index is 6.13. The van der Waals surface area contributed by atoms with Crippen LogP contribution in [0.15, 0.2) is 18.2 Å². The molecule has 0 radical (unpaired) electrons. The van der Waals surface area contributed by atoms with Gasteiger partial charge in [0.2, 0.25) is 0 Å². The second-order valence-corrected chi connectivity index (χ2v) is 5.82. The maximum Gasteiger partial charge on any atom is 0.123 e. The van der Waals surface area contributed by atoms with Crippen molar-refractivity contribution in [3.63, 3.8) is 0 Å². The Morgan fingerprint density at radius 1 is 1.17 bits per heavy atom. The molecule has 1 saturated heterocycles. The minimum absolute atomic E-state index is 0.735. The van der Waals surface area contributed by atoms with E-state index in [1.165, 1.54) is 36.8 Å². The number of hydrogen-bond acceptors (Lipinski definition) is 2. The highest BCUT2D eigenvalue weighted by Gasteiger charge is 2.27. The molecule has 1 saturated carbocycles. The summed E-state index contributed by atoms with van der Waals surface area (Å²) >= 11 is 0. The van der Waals surface area contributed by atoms with Gasteiger partial charge < -0.3 is 10.1 Å². The Balaban J connectivity index is 1.65. The highest BCUT2D eigenvalue weighted by atomic mass is 16.5. The number of piperidine rings is 1. The lowest BCUT2D eigenvalue weighted by atomic mass is 9.99. The zero-order valence-electron chi connectivity index (χ0n) is 11.2. The minimum atomic E-state index is 0.735. The van der Waals surface area contributed by atoms with Crippen molar-refractivity contribution in [3.05, 3.63) is 29.3 Å². The van der Waals surface area contributed by atoms with E-state index in [-0.39, 0.29) is 0 Å². The first kappa shape index (κ1) is 12.0. The van der Waals surface area contributed by atoms with Gasteiger partial charge in [0.05, 0.1) is 6.61 Å². The lowest BCUT2D eigenvalue weighted by molar-refractivity contribution is 0.213. The third kappa shape index (κ3) is 2.86. The molecule has 0 unspecified atom stereocenters. The third-order valence-electron chi connectivity index (χ3n) is 4.12. The molecule has 1 aromatic rings.